The summed E-state index contributed by atoms with van der Waals surface area (Å²) in [5, 5.41) is 0. The van der Waals surface area contributed by atoms with Gasteiger partial charge in [0.1, 0.15) is 13.2 Å². The van der Waals surface area contributed by atoms with E-state index in [-0.39, 0.29) is 13.2 Å². The Hall–Kier alpha value is -1.22. The molecule has 0 saturated heterocycles. The predicted octanol–water partition coefficient (Wildman–Crippen LogP) is 0.364. The molecule has 0 heterocycles. The van der Waals surface area contributed by atoms with E-state index >= 15 is 0 Å². The second-order valence-corrected chi connectivity index (χ2v) is 5.38. The zero-order valence-electron chi connectivity index (χ0n) is 14.5. The Balaban J connectivity index is 3.00. The summed E-state index contributed by atoms with van der Waals surface area (Å²) in [6, 6.07) is 0. The van der Waals surface area contributed by atoms with Gasteiger partial charge in [0.2, 0.25) is 11.8 Å². The van der Waals surface area contributed by atoms with Gasteiger partial charge in [0.25, 0.3) is 0 Å². The van der Waals surface area contributed by atoms with Crippen molar-refractivity contribution >= 4 is 11.8 Å². The van der Waals surface area contributed by atoms with Gasteiger partial charge in [0, 0.05) is 39.6 Å². The topological polar surface area (TPSA) is 123 Å². The maximum absolute atomic E-state index is 10.4. The monoisotopic (exact) mass is 348 g/mol. The van der Waals surface area contributed by atoms with Gasteiger partial charge in [-0.05, 0) is 38.5 Å². The SMILES string of the molecule is NC(=O)COCCCCOCCCCOCCCCOCC(N)=O. The molecule has 0 aromatic rings. The van der Waals surface area contributed by atoms with Crippen LogP contribution in [0.25, 0.3) is 0 Å². The van der Waals surface area contributed by atoms with Crippen LogP contribution in [-0.4, -0.2) is 64.7 Å². The Morgan fingerprint density at radius 1 is 0.500 bits per heavy atom. The van der Waals surface area contributed by atoms with Crippen molar-refractivity contribution < 1.29 is 28.5 Å². The summed E-state index contributed by atoms with van der Waals surface area (Å²) in [5.41, 5.74) is 9.90. The van der Waals surface area contributed by atoms with Crippen molar-refractivity contribution in [1.82, 2.24) is 0 Å². The number of ether oxygens (including phenoxy) is 4. The van der Waals surface area contributed by atoms with Crippen LogP contribution in [0.3, 0.4) is 0 Å². The van der Waals surface area contributed by atoms with Gasteiger partial charge in [-0.15, -0.1) is 0 Å². The van der Waals surface area contributed by atoms with Crippen LogP contribution in [0.5, 0.6) is 0 Å². The standard InChI is InChI=1S/C16H32N2O6/c17-15(19)13-23-11-5-3-9-21-7-1-2-8-22-10-4-6-12-24-14-16(18)20/h1-14H2,(H2,17,19)(H2,18,20). The highest BCUT2D eigenvalue weighted by Crippen LogP contribution is 1.97. The first-order valence-corrected chi connectivity index (χ1v) is 8.50. The van der Waals surface area contributed by atoms with E-state index in [1.807, 2.05) is 0 Å². The van der Waals surface area contributed by atoms with E-state index in [0.717, 1.165) is 51.7 Å². The number of carbonyl (C=O) groups is 2. The van der Waals surface area contributed by atoms with E-state index in [0.29, 0.717) is 26.4 Å². The molecule has 24 heavy (non-hydrogen) atoms. The molecule has 8 heteroatoms. The van der Waals surface area contributed by atoms with E-state index in [1.165, 1.54) is 0 Å². The maximum Gasteiger partial charge on any atom is 0.243 e. The summed E-state index contributed by atoms with van der Waals surface area (Å²) in [6.45, 7) is 3.90. The molecule has 0 radical (unpaired) electrons. The molecule has 142 valence electrons. The van der Waals surface area contributed by atoms with E-state index in [1.54, 1.807) is 0 Å². The lowest BCUT2D eigenvalue weighted by Gasteiger charge is -2.06. The molecule has 8 nitrogen and oxygen atoms in total. The van der Waals surface area contributed by atoms with Crippen molar-refractivity contribution in [2.45, 2.75) is 38.5 Å². The van der Waals surface area contributed by atoms with Gasteiger partial charge in [0.05, 0.1) is 0 Å². The van der Waals surface area contributed by atoms with Crippen LogP contribution in [0.1, 0.15) is 38.5 Å². The van der Waals surface area contributed by atoms with E-state index in [2.05, 4.69) is 0 Å². The van der Waals surface area contributed by atoms with Crippen molar-refractivity contribution in [1.29, 1.82) is 0 Å². The molecule has 0 aromatic heterocycles. The Bertz CT molecular complexity index is 285. The molecule has 0 atom stereocenters. The lowest BCUT2D eigenvalue weighted by molar-refractivity contribution is -0.123. The third-order valence-electron chi connectivity index (χ3n) is 2.97. The maximum atomic E-state index is 10.4. The molecule has 0 bridgehead atoms. The number of hydrogen-bond acceptors (Lipinski definition) is 6. The zero-order valence-corrected chi connectivity index (χ0v) is 14.5. The summed E-state index contributed by atoms with van der Waals surface area (Å²) >= 11 is 0. The number of amides is 2. The normalized spacial score (nSPS) is 10.8. The molecule has 2 amide bonds. The average Bonchev–Trinajstić information content (AvgIpc) is 2.53. The minimum Gasteiger partial charge on any atom is -0.381 e. The molecular weight excluding hydrogens is 316 g/mol. The molecule has 0 saturated carbocycles. The van der Waals surface area contributed by atoms with Crippen molar-refractivity contribution in [3.8, 4) is 0 Å². The van der Waals surface area contributed by atoms with Crippen LogP contribution in [0, 0.1) is 0 Å². The molecule has 0 aliphatic heterocycles. The van der Waals surface area contributed by atoms with Gasteiger partial charge in [0.15, 0.2) is 0 Å². The third kappa shape index (κ3) is 20.8. The van der Waals surface area contributed by atoms with Crippen molar-refractivity contribution in [2.75, 3.05) is 52.9 Å². The number of nitrogens with two attached hydrogens (primary N) is 2. The zero-order chi connectivity index (χ0) is 17.9. The summed E-state index contributed by atoms with van der Waals surface area (Å²) in [7, 11) is 0. The summed E-state index contributed by atoms with van der Waals surface area (Å²) < 4.78 is 21.1. The fraction of sp³-hybridized carbons (Fsp3) is 0.875. The van der Waals surface area contributed by atoms with Crippen molar-refractivity contribution in [3.05, 3.63) is 0 Å². The van der Waals surface area contributed by atoms with Crippen molar-refractivity contribution in [3.63, 3.8) is 0 Å². The number of primary amides is 2. The molecule has 4 N–H and O–H groups in total. The molecule has 0 rings (SSSR count). The lowest BCUT2D eigenvalue weighted by Crippen LogP contribution is -2.18. The van der Waals surface area contributed by atoms with Gasteiger partial charge < -0.3 is 30.4 Å². The second-order valence-electron chi connectivity index (χ2n) is 5.38. The highest BCUT2D eigenvalue weighted by molar-refractivity contribution is 5.75. The Kier molecular flexibility index (Phi) is 17.2. The van der Waals surface area contributed by atoms with Crippen LogP contribution in [-0.2, 0) is 28.5 Å². The Morgan fingerprint density at radius 3 is 1.00 bits per heavy atom. The van der Waals surface area contributed by atoms with Crippen LogP contribution in [0.4, 0.5) is 0 Å². The quantitative estimate of drug-likeness (QED) is 0.325. The van der Waals surface area contributed by atoms with Crippen LogP contribution in [0.15, 0.2) is 0 Å². The number of carbonyl (C=O) groups excluding carboxylic acids is 2. The first-order valence-electron chi connectivity index (χ1n) is 8.50. The Labute approximate surface area is 144 Å². The highest BCUT2D eigenvalue weighted by atomic mass is 16.5. The van der Waals surface area contributed by atoms with Gasteiger partial charge in [-0.25, -0.2) is 0 Å². The van der Waals surface area contributed by atoms with E-state index in [9.17, 15) is 9.59 Å². The first-order chi connectivity index (χ1) is 11.6. The van der Waals surface area contributed by atoms with Gasteiger partial charge >= 0.3 is 0 Å². The van der Waals surface area contributed by atoms with Gasteiger partial charge in [-0.3, -0.25) is 9.59 Å². The summed E-state index contributed by atoms with van der Waals surface area (Å²) in [4.78, 5) is 20.8. The van der Waals surface area contributed by atoms with Gasteiger partial charge in [-0.1, -0.05) is 0 Å². The molecule has 0 aliphatic rings. The molecule has 0 aliphatic carbocycles. The largest absolute Gasteiger partial charge is 0.381 e. The van der Waals surface area contributed by atoms with Crippen LogP contribution in [0.2, 0.25) is 0 Å². The smallest absolute Gasteiger partial charge is 0.243 e. The Morgan fingerprint density at radius 2 is 0.750 bits per heavy atom. The second kappa shape index (κ2) is 18.1. The molecule has 0 aromatic carbocycles. The number of rotatable bonds is 19. The lowest BCUT2D eigenvalue weighted by atomic mass is 10.3. The molecule has 0 unspecified atom stereocenters. The van der Waals surface area contributed by atoms with Gasteiger partial charge in [-0.2, -0.15) is 0 Å². The van der Waals surface area contributed by atoms with E-state index in [4.69, 9.17) is 30.4 Å². The minimum atomic E-state index is -0.440. The molecule has 0 fully saturated rings. The fourth-order valence-electron chi connectivity index (χ4n) is 1.77. The number of unbranched alkanes of at least 4 members (excludes halogenated alkanes) is 3. The first kappa shape index (κ1) is 22.8. The highest BCUT2D eigenvalue weighted by Gasteiger charge is 1.96. The van der Waals surface area contributed by atoms with Crippen LogP contribution < -0.4 is 11.5 Å². The average molecular weight is 348 g/mol. The molecular formula is C16H32N2O6. The summed E-state index contributed by atoms with van der Waals surface area (Å²) in [5.74, 6) is -0.880. The van der Waals surface area contributed by atoms with E-state index < -0.39 is 11.8 Å². The molecule has 0 spiro atoms. The number of hydrogen-bond donors (Lipinski definition) is 2. The fourth-order valence-corrected chi connectivity index (χ4v) is 1.77. The summed E-state index contributed by atoms with van der Waals surface area (Å²) in [6.07, 6.45) is 5.49. The predicted molar refractivity (Wildman–Crippen MR) is 89.4 cm³/mol. The minimum absolute atomic E-state index is 0.0126. The van der Waals surface area contributed by atoms with Crippen molar-refractivity contribution in [2.24, 2.45) is 11.5 Å². The van der Waals surface area contributed by atoms with Crippen LogP contribution >= 0.6 is 0 Å². The third-order valence-corrected chi connectivity index (χ3v) is 2.97.